The third kappa shape index (κ3) is 3.86. The molecule has 0 aromatic carbocycles. The van der Waals surface area contributed by atoms with E-state index in [4.69, 9.17) is 0 Å². The molecule has 0 aliphatic heterocycles. The SMILES string of the molecule is [CH2]OC(=O)N(CCC)CCC. The topological polar surface area (TPSA) is 29.5 Å². The summed E-state index contributed by atoms with van der Waals surface area (Å²) in [7, 11) is 3.08. The summed E-state index contributed by atoms with van der Waals surface area (Å²) >= 11 is 0. The Balaban J connectivity index is 3.76. The van der Waals surface area contributed by atoms with Crippen LogP contribution in [0, 0.1) is 7.11 Å². The van der Waals surface area contributed by atoms with Gasteiger partial charge in [0.15, 0.2) is 0 Å². The van der Waals surface area contributed by atoms with Gasteiger partial charge in [0.25, 0.3) is 0 Å². The molecule has 65 valence electrons. The minimum Gasteiger partial charge on any atom is -0.446 e. The van der Waals surface area contributed by atoms with Gasteiger partial charge < -0.3 is 9.64 Å². The Hall–Kier alpha value is -0.730. The van der Waals surface area contributed by atoms with E-state index in [1.807, 2.05) is 13.8 Å². The minimum atomic E-state index is -0.325. The van der Waals surface area contributed by atoms with Gasteiger partial charge in [-0.15, -0.1) is 0 Å². The molecule has 0 fully saturated rings. The number of rotatable bonds is 4. The van der Waals surface area contributed by atoms with Crippen LogP contribution < -0.4 is 0 Å². The number of hydrogen-bond acceptors (Lipinski definition) is 2. The molecule has 1 radical (unpaired) electrons. The van der Waals surface area contributed by atoms with Crippen molar-refractivity contribution in [2.75, 3.05) is 13.1 Å². The van der Waals surface area contributed by atoms with Gasteiger partial charge in [0, 0.05) is 13.1 Å². The number of ether oxygens (including phenoxy) is 1. The van der Waals surface area contributed by atoms with Crippen molar-refractivity contribution in [1.82, 2.24) is 4.90 Å². The molecule has 0 heterocycles. The zero-order valence-corrected chi connectivity index (χ0v) is 7.30. The second-order valence-electron chi connectivity index (χ2n) is 2.40. The quantitative estimate of drug-likeness (QED) is 0.626. The summed E-state index contributed by atoms with van der Waals surface area (Å²) in [4.78, 5) is 12.6. The highest BCUT2D eigenvalue weighted by Gasteiger charge is 2.09. The van der Waals surface area contributed by atoms with Gasteiger partial charge in [-0.25, -0.2) is 4.79 Å². The average molecular weight is 158 g/mol. The van der Waals surface area contributed by atoms with Gasteiger partial charge in [-0.05, 0) is 12.8 Å². The molecule has 3 heteroatoms. The predicted molar refractivity (Wildman–Crippen MR) is 44.0 cm³/mol. The molecular formula is C8H16NO2. The van der Waals surface area contributed by atoms with Crippen molar-refractivity contribution in [2.24, 2.45) is 0 Å². The van der Waals surface area contributed by atoms with Crippen molar-refractivity contribution >= 4 is 6.09 Å². The first-order valence-corrected chi connectivity index (χ1v) is 3.97. The zero-order chi connectivity index (χ0) is 8.69. The maximum Gasteiger partial charge on any atom is 0.409 e. The molecule has 0 spiro atoms. The monoisotopic (exact) mass is 158 g/mol. The van der Waals surface area contributed by atoms with Crippen molar-refractivity contribution in [3.8, 4) is 0 Å². The van der Waals surface area contributed by atoms with E-state index in [1.165, 1.54) is 0 Å². The first kappa shape index (κ1) is 10.3. The molecular weight excluding hydrogens is 142 g/mol. The Morgan fingerprint density at radius 2 is 1.82 bits per heavy atom. The molecule has 0 saturated heterocycles. The Morgan fingerprint density at radius 1 is 1.36 bits per heavy atom. The van der Waals surface area contributed by atoms with Crippen LogP contribution in [0.25, 0.3) is 0 Å². The molecule has 0 aliphatic rings. The van der Waals surface area contributed by atoms with Crippen molar-refractivity contribution in [3.05, 3.63) is 7.11 Å². The number of carbonyl (C=O) groups is 1. The van der Waals surface area contributed by atoms with E-state index in [-0.39, 0.29) is 6.09 Å². The highest BCUT2D eigenvalue weighted by molar-refractivity contribution is 5.67. The molecule has 3 nitrogen and oxygen atoms in total. The van der Waals surface area contributed by atoms with E-state index in [0.717, 1.165) is 25.9 Å². The number of carbonyl (C=O) groups excluding carboxylic acids is 1. The average Bonchev–Trinajstić information content (AvgIpc) is 2.03. The van der Waals surface area contributed by atoms with Crippen LogP contribution >= 0.6 is 0 Å². The van der Waals surface area contributed by atoms with Gasteiger partial charge in [-0.1, -0.05) is 13.8 Å². The molecule has 11 heavy (non-hydrogen) atoms. The third-order valence-corrected chi connectivity index (χ3v) is 1.37. The third-order valence-electron chi connectivity index (χ3n) is 1.37. The van der Waals surface area contributed by atoms with Crippen LogP contribution in [0.3, 0.4) is 0 Å². The lowest BCUT2D eigenvalue weighted by atomic mass is 10.4. The lowest BCUT2D eigenvalue weighted by molar-refractivity contribution is 0.135. The van der Waals surface area contributed by atoms with E-state index in [9.17, 15) is 4.79 Å². The largest absolute Gasteiger partial charge is 0.446 e. The molecule has 0 unspecified atom stereocenters. The molecule has 1 amide bonds. The highest BCUT2D eigenvalue weighted by Crippen LogP contribution is 1.96. The van der Waals surface area contributed by atoms with E-state index < -0.39 is 0 Å². The second-order valence-corrected chi connectivity index (χ2v) is 2.40. The van der Waals surface area contributed by atoms with Crippen molar-refractivity contribution < 1.29 is 9.53 Å². The van der Waals surface area contributed by atoms with Crippen LogP contribution in [0.4, 0.5) is 4.79 Å². The minimum absolute atomic E-state index is 0.325. The standard InChI is InChI=1S/C8H16NO2/c1-4-6-9(7-5-2)8(10)11-3/h3-7H2,1-2H3. The number of amides is 1. The fourth-order valence-electron chi connectivity index (χ4n) is 0.925. The smallest absolute Gasteiger partial charge is 0.409 e. The van der Waals surface area contributed by atoms with Gasteiger partial charge >= 0.3 is 6.09 Å². The van der Waals surface area contributed by atoms with Crippen LogP contribution in [-0.4, -0.2) is 24.1 Å². The summed E-state index contributed by atoms with van der Waals surface area (Å²) < 4.78 is 4.35. The fourth-order valence-corrected chi connectivity index (χ4v) is 0.925. The lowest BCUT2D eigenvalue weighted by Gasteiger charge is -2.18. The van der Waals surface area contributed by atoms with Gasteiger partial charge in [0.1, 0.15) is 7.11 Å². The van der Waals surface area contributed by atoms with Gasteiger partial charge in [-0.2, -0.15) is 0 Å². The van der Waals surface area contributed by atoms with Crippen molar-refractivity contribution in [2.45, 2.75) is 26.7 Å². The molecule has 0 atom stereocenters. The van der Waals surface area contributed by atoms with Gasteiger partial charge in [-0.3, -0.25) is 0 Å². The van der Waals surface area contributed by atoms with Crippen molar-refractivity contribution in [3.63, 3.8) is 0 Å². The lowest BCUT2D eigenvalue weighted by Crippen LogP contribution is -2.31. The zero-order valence-electron chi connectivity index (χ0n) is 7.30. The Labute approximate surface area is 68.3 Å². The van der Waals surface area contributed by atoms with Crippen LogP contribution in [0.5, 0.6) is 0 Å². The van der Waals surface area contributed by atoms with Crippen LogP contribution in [-0.2, 0) is 4.74 Å². The van der Waals surface area contributed by atoms with Gasteiger partial charge in [0.2, 0.25) is 0 Å². The summed E-state index contributed by atoms with van der Waals surface area (Å²) in [5, 5.41) is 0. The van der Waals surface area contributed by atoms with E-state index in [0.29, 0.717) is 0 Å². The normalized spacial score (nSPS) is 9.36. The molecule has 0 aromatic rings. The van der Waals surface area contributed by atoms with E-state index in [1.54, 1.807) is 4.90 Å². The number of nitrogens with zero attached hydrogens (tertiary/aromatic N) is 1. The Bertz CT molecular complexity index is 109. The molecule has 0 bridgehead atoms. The van der Waals surface area contributed by atoms with E-state index >= 15 is 0 Å². The molecule has 0 N–H and O–H groups in total. The summed E-state index contributed by atoms with van der Waals surface area (Å²) in [6.07, 6.45) is 1.58. The maximum atomic E-state index is 10.9. The molecule has 0 saturated carbocycles. The Kier molecular flexibility index (Phi) is 5.61. The van der Waals surface area contributed by atoms with Crippen molar-refractivity contribution in [1.29, 1.82) is 0 Å². The summed E-state index contributed by atoms with van der Waals surface area (Å²) in [5.74, 6) is 0. The predicted octanol–water partition coefficient (Wildman–Crippen LogP) is 2.04. The first-order valence-electron chi connectivity index (χ1n) is 3.97. The number of hydrogen-bond donors (Lipinski definition) is 0. The van der Waals surface area contributed by atoms with Crippen LogP contribution in [0.15, 0.2) is 0 Å². The molecule has 0 aliphatic carbocycles. The second kappa shape index (κ2) is 6.01. The Morgan fingerprint density at radius 3 is 2.09 bits per heavy atom. The van der Waals surface area contributed by atoms with Crippen LogP contribution in [0.1, 0.15) is 26.7 Å². The summed E-state index contributed by atoms with van der Waals surface area (Å²) in [6.45, 7) is 5.56. The van der Waals surface area contributed by atoms with Gasteiger partial charge in [0.05, 0.1) is 0 Å². The van der Waals surface area contributed by atoms with E-state index in [2.05, 4.69) is 11.8 Å². The maximum absolute atomic E-state index is 10.9. The molecule has 0 aromatic heterocycles. The first-order chi connectivity index (χ1) is 5.26. The highest BCUT2D eigenvalue weighted by atomic mass is 16.5. The summed E-state index contributed by atoms with van der Waals surface area (Å²) in [6, 6.07) is 0. The fraction of sp³-hybridized carbons (Fsp3) is 0.750. The van der Waals surface area contributed by atoms with Crippen LogP contribution in [0.2, 0.25) is 0 Å². The molecule has 0 rings (SSSR count). The summed E-state index contributed by atoms with van der Waals surface area (Å²) in [5.41, 5.74) is 0.